The summed E-state index contributed by atoms with van der Waals surface area (Å²) in [6.45, 7) is -0.0306. The molecule has 0 saturated heterocycles. The highest BCUT2D eigenvalue weighted by molar-refractivity contribution is 5.85. The smallest absolute Gasteiger partial charge is 0.234 e. The van der Waals surface area contributed by atoms with E-state index in [1.54, 1.807) is 0 Å². The van der Waals surface area contributed by atoms with Gasteiger partial charge in [0, 0.05) is 6.20 Å². The second-order valence-corrected chi connectivity index (χ2v) is 2.41. The fourth-order valence-electron chi connectivity index (χ4n) is 0.803. The molecule has 7 heteroatoms. The lowest BCUT2D eigenvalue weighted by molar-refractivity contribution is -0.119. The van der Waals surface area contributed by atoms with Crippen molar-refractivity contribution in [1.29, 1.82) is 0 Å². The molecular weight excluding hydrogens is 244 g/mol. The van der Waals surface area contributed by atoms with Crippen LogP contribution in [0.3, 0.4) is 0 Å². The summed E-state index contributed by atoms with van der Waals surface area (Å²) in [4.78, 5) is 14.5. The molecule has 0 atom stereocenters. The summed E-state index contributed by atoms with van der Waals surface area (Å²) in [6.07, 6.45) is 1.47. The number of amides is 1. The van der Waals surface area contributed by atoms with Crippen molar-refractivity contribution in [3.63, 3.8) is 0 Å². The Hall–Kier alpha value is -0.910. The first-order valence-corrected chi connectivity index (χ1v) is 3.80. The maximum Gasteiger partial charge on any atom is 0.234 e. The number of carbonyl (C=O) groups excluding carboxylic acids is 1. The third-order valence-corrected chi connectivity index (χ3v) is 1.47. The van der Waals surface area contributed by atoms with Crippen molar-refractivity contribution >= 4 is 30.7 Å². The number of hydrogen-bond acceptors (Lipinski definition) is 3. The highest BCUT2D eigenvalue weighted by atomic mass is 35.5. The first-order chi connectivity index (χ1) is 6.24. The van der Waals surface area contributed by atoms with Crippen LogP contribution in [0, 0.1) is 5.82 Å². The van der Waals surface area contributed by atoms with Crippen molar-refractivity contribution in [2.45, 2.75) is 6.54 Å². The molecule has 0 unspecified atom stereocenters. The minimum absolute atomic E-state index is 0. The maximum atomic E-state index is 12.9. The Labute approximate surface area is 99.3 Å². The first-order valence-electron chi connectivity index (χ1n) is 3.80. The predicted octanol–water partition coefficient (Wildman–Crippen LogP) is 0.639. The van der Waals surface area contributed by atoms with Crippen molar-refractivity contribution < 1.29 is 9.18 Å². The molecule has 0 aliphatic carbocycles. The van der Waals surface area contributed by atoms with E-state index in [9.17, 15) is 9.18 Å². The standard InChI is InChI=1S/C8H10FN3O.2ClH/c9-6-2-1-3-11-7(6)5-12-8(13)4-10;;/h1-3H,4-5,10H2,(H,12,13);2*1H. The van der Waals surface area contributed by atoms with Crippen LogP contribution in [0.25, 0.3) is 0 Å². The highest BCUT2D eigenvalue weighted by Gasteiger charge is 2.03. The largest absolute Gasteiger partial charge is 0.349 e. The van der Waals surface area contributed by atoms with E-state index in [0.717, 1.165) is 0 Å². The fraction of sp³-hybridized carbons (Fsp3) is 0.250. The molecule has 0 aliphatic rings. The summed E-state index contributed by atoms with van der Waals surface area (Å²) in [5, 5.41) is 2.42. The Balaban J connectivity index is 0. The third-order valence-electron chi connectivity index (χ3n) is 1.47. The van der Waals surface area contributed by atoms with Gasteiger partial charge < -0.3 is 11.1 Å². The lowest BCUT2D eigenvalue weighted by Crippen LogP contribution is -2.30. The molecule has 0 spiro atoms. The molecule has 0 aliphatic heterocycles. The Morgan fingerprint density at radius 2 is 2.20 bits per heavy atom. The zero-order chi connectivity index (χ0) is 9.68. The molecule has 15 heavy (non-hydrogen) atoms. The SMILES string of the molecule is Cl.Cl.NCC(=O)NCc1ncccc1F. The van der Waals surface area contributed by atoms with E-state index in [1.807, 2.05) is 0 Å². The minimum atomic E-state index is -0.431. The molecular formula is C8H12Cl2FN3O. The quantitative estimate of drug-likeness (QED) is 0.833. The van der Waals surface area contributed by atoms with Gasteiger partial charge in [0.2, 0.25) is 5.91 Å². The highest BCUT2D eigenvalue weighted by Crippen LogP contribution is 2.00. The first kappa shape index (κ1) is 16.5. The van der Waals surface area contributed by atoms with E-state index < -0.39 is 5.82 Å². The van der Waals surface area contributed by atoms with Gasteiger partial charge in [-0.15, -0.1) is 24.8 Å². The van der Waals surface area contributed by atoms with E-state index in [4.69, 9.17) is 5.73 Å². The van der Waals surface area contributed by atoms with E-state index in [2.05, 4.69) is 10.3 Å². The Bertz CT molecular complexity index is 312. The van der Waals surface area contributed by atoms with Gasteiger partial charge in [-0.05, 0) is 12.1 Å². The Kier molecular flexibility index (Phi) is 9.25. The van der Waals surface area contributed by atoms with Crippen molar-refractivity contribution in [3.05, 3.63) is 29.8 Å². The van der Waals surface area contributed by atoms with Crippen LogP contribution in [-0.4, -0.2) is 17.4 Å². The molecule has 0 radical (unpaired) electrons. The number of nitrogens with one attached hydrogen (secondary N) is 1. The van der Waals surface area contributed by atoms with Crippen LogP contribution in [-0.2, 0) is 11.3 Å². The molecule has 0 fully saturated rings. The second kappa shape index (κ2) is 8.40. The average Bonchev–Trinajstić information content (AvgIpc) is 2.16. The monoisotopic (exact) mass is 255 g/mol. The summed E-state index contributed by atoms with van der Waals surface area (Å²) in [5.41, 5.74) is 5.26. The van der Waals surface area contributed by atoms with Gasteiger partial charge in [-0.1, -0.05) is 0 Å². The normalized spacial score (nSPS) is 8.40. The minimum Gasteiger partial charge on any atom is -0.349 e. The van der Waals surface area contributed by atoms with Gasteiger partial charge in [0.25, 0.3) is 0 Å². The molecule has 1 rings (SSSR count). The number of halogens is 3. The number of aromatic nitrogens is 1. The van der Waals surface area contributed by atoms with Crippen LogP contribution in [0.1, 0.15) is 5.69 Å². The molecule has 1 aromatic rings. The zero-order valence-electron chi connectivity index (χ0n) is 7.77. The molecule has 1 heterocycles. The van der Waals surface area contributed by atoms with Crippen molar-refractivity contribution in [1.82, 2.24) is 10.3 Å². The van der Waals surface area contributed by atoms with Gasteiger partial charge in [-0.3, -0.25) is 9.78 Å². The van der Waals surface area contributed by atoms with Gasteiger partial charge in [-0.25, -0.2) is 4.39 Å². The molecule has 3 N–H and O–H groups in total. The second-order valence-electron chi connectivity index (χ2n) is 2.41. The van der Waals surface area contributed by atoms with Crippen LogP contribution in [0.15, 0.2) is 18.3 Å². The van der Waals surface area contributed by atoms with Crippen LogP contribution < -0.4 is 11.1 Å². The fourth-order valence-corrected chi connectivity index (χ4v) is 0.803. The third kappa shape index (κ3) is 5.51. The maximum absolute atomic E-state index is 12.9. The van der Waals surface area contributed by atoms with Crippen LogP contribution in [0.5, 0.6) is 0 Å². The molecule has 0 bridgehead atoms. The van der Waals surface area contributed by atoms with Gasteiger partial charge >= 0.3 is 0 Å². The average molecular weight is 256 g/mol. The van der Waals surface area contributed by atoms with Crippen molar-refractivity contribution in [2.75, 3.05) is 6.54 Å². The number of pyridine rings is 1. The van der Waals surface area contributed by atoms with Gasteiger partial charge in [0.1, 0.15) is 5.82 Å². The van der Waals surface area contributed by atoms with Crippen LogP contribution in [0.2, 0.25) is 0 Å². The van der Waals surface area contributed by atoms with Gasteiger partial charge in [0.15, 0.2) is 0 Å². The topological polar surface area (TPSA) is 68.0 Å². The van der Waals surface area contributed by atoms with Crippen LogP contribution >= 0.6 is 24.8 Å². The summed E-state index contributed by atoms with van der Waals surface area (Å²) in [7, 11) is 0. The van der Waals surface area contributed by atoms with E-state index in [0.29, 0.717) is 0 Å². The molecule has 4 nitrogen and oxygen atoms in total. The lowest BCUT2D eigenvalue weighted by Gasteiger charge is -2.02. The lowest BCUT2D eigenvalue weighted by atomic mass is 10.3. The van der Waals surface area contributed by atoms with E-state index in [1.165, 1.54) is 18.3 Å². The number of hydrogen-bond donors (Lipinski definition) is 2. The summed E-state index contributed by atoms with van der Waals surface area (Å²) >= 11 is 0. The van der Waals surface area contributed by atoms with Gasteiger partial charge in [-0.2, -0.15) is 0 Å². The van der Waals surface area contributed by atoms with Crippen molar-refractivity contribution in [3.8, 4) is 0 Å². The predicted molar refractivity (Wildman–Crippen MR) is 59.6 cm³/mol. The molecule has 0 aromatic carbocycles. The number of rotatable bonds is 3. The van der Waals surface area contributed by atoms with E-state index >= 15 is 0 Å². The number of nitrogens with zero attached hydrogens (tertiary/aromatic N) is 1. The molecule has 1 aromatic heterocycles. The summed E-state index contributed by atoms with van der Waals surface area (Å²) in [6, 6.07) is 2.78. The number of nitrogens with two attached hydrogens (primary N) is 1. The molecule has 0 saturated carbocycles. The molecule has 1 amide bonds. The molecule has 86 valence electrons. The van der Waals surface area contributed by atoms with Gasteiger partial charge in [0.05, 0.1) is 18.8 Å². The summed E-state index contributed by atoms with van der Waals surface area (Å²) < 4.78 is 12.9. The summed E-state index contributed by atoms with van der Waals surface area (Å²) in [5.74, 6) is -0.759. The van der Waals surface area contributed by atoms with Crippen LogP contribution in [0.4, 0.5) is 4.39 Å². The zero-order valence-corrected chi connectivity index (χ0v) is 9.41. The number of carbonyl (C=O) groups is 1. The Morgan fingerprint density at radius 1 is 1.53 bits per heavy atom. The Morgan fingerprint density at radius 3 is 2.73 bits per heavy atom. The van der Waals surface area contributed by atoms with E-state index in [-0.39, 0.29) is 49.5 Å². The van der Waals surface area contributed by atoms with Crippen molar-refractivity contribution in [2.24, 2.45) is 5.73 Å².